The average molecular weight is 374 g/mol. The first kappa shape index (κ1) is 18.0. The van der Waals surface area contributed by atoms with E-state index in [9.17, 15) is 4.79 Å². The maximum Gasteiger partial charge on any atom is 0.234 e. The van der Waals surface area contributed by atoms with Gasteiger partial charge in [-0.15, -0.1) is 0 Å². The summed E-state index contributed by atoms with van der Waals surface area (Å²) in [6.07, 6.45) is 4.29. The van der Waals surface area contributed by atoms with Crippen LogP contribution in [0.1, 0.15) is 17.9 Å². The van der Waals surface area contributed by atoms with Crippen molar-refractivity contribution in [2.75, 3.05) is 25.7 Å². The lowest BCUT2D eigenvalue weighted by atomic mass is 9.97. The first-order chi connectivity index (χ1) is 13.7. The predicted molar refractivity (Wildman–Crippen MR) is 109 cm³/mol. The number of methoxy groups -OCH3 is 2. The smallest absolute Gasteiger partial charge is 0.234 e. The Morgan fingerprint density at radius 2 is 1.82 bits per heavy atom. The Kier molecular flexibility index (Phi) is 4.98. The van der Waals surface area contributed by atoms with Gasteiger partial charge >= 0.3 is 0 Å². The number of hydrogen-bond acceptors (Lipinski definition) is 4. The highest BCUT2D eigenvalue weighted by Crippen LogP contribution is 2.37. The quantitative estimate of drug-likeness (QED) is 0.669. The van der Waals surface area contributed by atoms with Gasteiger partial charge in [-0.2, -0.15) is 0 Å². The number of ether oxygens (including phenoxy) is 2. The first-order valence-corrected chi connectivity index (χ1v) is 9.25. The van der Waals surface area contributed by atoms with Crippen LogP contribution in [-0.4, -0.2) is 31.7 Å². The summed E-state index contributed by atoms with van der Waals surface area (Å²) in [5.74, 6) is 1.46. The summed E-state index contributed by atoms with van der Waals surface area (Å²) in [7, 11) is 3.28. The SMILES string of the molecule is COc1cccc(C2CCN(c3ccc(-c4ccncc4)c(OC)c3)C2=O)c1. The van der Waals surface area contributed by atoms with Crippen LogP contribution in [0.2, 0.25) is 0 Å². The monoisotopic (exact) mass is 374 g/mol. The molecule has 1 aliphatic rings. The van der Waals surface area contributed by atoms with Gasteiger partial charge in [-0.3, -0.25) is 9.78 Å². The molecule has 1 atom stereocenters. The van der Waals surface area contributed by atoms with E-state index in [-0.39, 0.29) is 11.8 Å². The Hall–Kier alpha value is -3.34. The van der Waals surface area contributed by atoms with Gasteiger partial charge in [-0.25, -0.2) is 0 Å². The minimum atomic E-state index is -0.152. The van der Waals surface area contributed by atoms with E-state index < -0.39 is 0 Å². The van der Waals surface area contributed by atoms with E-state index in [0.717, 1.165) is 40.3 Å². The Morgan fingerprint density at radius 3 is 2.57 bits per heavy atom. The van der Waals surface area contributed by atoms with Gasteiger partial charge in [0.05, 0.1) is 20.1 Å². The second kappa shape index (κ2) is 7.72. The fourth-order valence-electron chi connectivity index (χ4n) is 3.72. The fraction of sp³-hybridized carbons (Fsp3) is 0.217. The van der Waals surface area contributed by atoms with Gasteiger partial charge in [0.2, 0.25) is 5.91 Å². The Balaban J connectivity index is 1.62. The van der Waals surface area contributed by atoms with Crippen molar-refractivity contribution in [3.63, 3.8) is 0 Å². The van der Waals surface area contributed by atoms with Crippen LogP contribution in [0.4, 0.5) is 5.69 Å². The summed E-state index contributed by atoms with van der Waals surface area (Å²) in [6.45, 7) is 0.679. The van der Waals surface area contributed by atoms with E-state index in [1.807, 2.05) is 59.5 Å². The third-order valence-corrected chi connectivity index (χ3v) is 5.19. The van der Waals surface area contributed by atoms with Gasteiger partial charge < -0.3 is 14.4 Å². The molecular weight excluding hydrogens is 352 g/mol. The van der Waals surface area contributed by atoms with Gasteiger partial charge in [0.1, 0.15) is 11.5 Å². The lowest BCUT2D eigenvalue weighted by Gasteiger charge is -2.19. The third kappa shape index (κ3) is 3.31. The topological polar surface area (TPSA) is 51.7 Å². The van der Waals surface area contributed by atoms with Crippen LogP contribution < -0.4 is 14.4 Å². The number of amides is 1. The molecule has 0 bridgehead atoms. The van der Waals surface area contributed by atoms with Crippen LogP contribution in [0.15, 0.2) is 67.0 Å². The van der Waals surface area contributed by atoms with Crippen LogP contribution in [0.25, 0.3) is 11.1 Å². The van der Waals surface area contributed by atoms with Crippen LogP contribution in [-0.2, 0) is 4.79 Å². The molecule has 1 unspecified atom stereocenters. The fourth-order valence-corrected chi connectivity index (χ4v) is 3.72. The molecule has 0 aliphatic carbocycles. The molecule has 4 rings (SSSR count). The lowest BCUT2D eigenvalue weighted by Crippen LogP contribution is -2.26. The Bertz CT molecular complexity index is 988. The zero-order valence-electron chi connectivity index (χ0n) is 16.0. The highest BCUT2D eigenvalue weighted by Gasteiger charge is 2.34. The Morgan fingerprint density at radius 1 is 1.00 bits per heavy atom. The molecule has 1 aromatic heterocycles. The van der Waals surface area contributed by atoms with E-state index in [0.29, 0.717) is 6.54 Å². The molecule has 2 aromatic carbocycles. The van der Waals surface area contributed by atoms with Crippen molar-refractivity contribution < 1.29 is 14.3 Å². The number of rotatable bonds is 5. The van der Waals surface area contributed by atoms with Crippen molar-refractivity contribution in [3.05, 3.63) is 72.6 Å². The van der Waals surface area contributed by atoms with E-state index in [2.05, 4.69) is 4.98 Å². The first-order valence-electron chi connectivity index (χ1n) is 9.25. The molecule has 1 aliphatic heterocycles. The normalized spacial score (nSPS) is 16.3. The minimum Gasteiger partial charge on any atom is -0.497 e. The van der Waals surface area contributed by atoms with Gasteiger partial charge in [0.25, 0.3) is 0 Å². The van der Waals surface area contributed by atoms with Crippen molar-refractivity contribution in [1.82, 2.24) is 4.98 Å². The lowest BCUT2D eigenvalue weighted by molar-refractivity contribution is -0.118. The van der Waals surface area contributed by atoms with Crippen LogP contribution in [0.3, 0.4) is 0 Å². The number of benzene rings is 2. The molecule has 142 valence electrons. The summed E-state index contributed by atoms with van der Waals surface area (Å²) >= 11 is 0. The molecular formula is C23H22N2O3. The van der Waals surface area contributed by atoms with Crippen molar-refractivity contribution >= 4 is 11.6 Å². The second-order valence-corrected chi connectivity index (χ2v) is 6.73. The number of hydrogen-bond donors (Lipinski definition) is 0. The summed E-state index contributed by atoms with van der Waals surface area (Å²) < 4.78 is 10.9. The molecule has 28 heavy (non-hydrogen) atoms. The zero-order valence-corrected chi connectivity index (χ0v) is 16.0. The molecule has 5 nitrogen and oxygen atoms in total. The van der Waals surface area contributed by atoms with Crippen LogP contribution in [0, 0.1) is 0 Å². The van der Waals surface area contributed by atoms with Crippen molar-refractivity contribution in [2.24, 2.45) is 0 Å². The predicted octanol–water partition coefficient (Wildman–Crippen LogP) is 4.29. The number of anilines is 1. The zero-order chi connectivity index (χ0) is 19.5. The number of pyridine rings is 1. The molecule has 3 aromatic rings. The summed E-state index contributed by atoms with van der Waals surface area (Å²) in [6, 6.07) is 17.5. The highest BCUT2D eigenvalue weighted by atomic mass is 16.5. The van der Waals surface area contributed by atoms with Gasteiger partial charge in [0.15, 0.2) is 0 Å². The minimum absolute atomic E-state index is 0.104. The van der Waals surface area contributed by atoms with E-state index in [1.165, 1.54) is 0 Å². The molecule has 0 radical (unpaired) electrons. The van der Waals surface area contributed by atoms with Gasteiger partial charge in [0, 0.05) is 36.3 Å². The number of carbonyl (C=O) groups is 1. The van der Waals surface area contributed by atoms with Crippen LogP contribution in [0.5, 0.6) is 11.5 Å². The van der Waals surface area contributed by atoms with E-state index in [1.54, 1.807) is 26.6 Å². The molecule has 1 saturated heterocycles. The van der Waals surface area contributed by atoms with E-state index in [4.69, 9.17) is 9.47 Å². The second-order valence-electron chi connectivity index (χ2n) is 6.73. The Labute approximate surface area is 164 Å². The van der Waals surface area contributed by atoms with E-state index >= 15 is 0 Å². The highest BCUT2D eigenvalue weighted by molar-refractivity contribution is 6.00. The number of nitrogens with zero attached hydrogens (tertiary/aromatic N) is 2. The standard InChI is InChI=1S/C23H22N2O3/c1-27-19-5-3-4-17(14-19)21-10-13-25(23(21)26)18-6-7-20(22(15-18)28-2)16-8-11-24-12-9-16/h3-9,11-12,14-15,21H,10,13H2,1-2H3. The summed E-state index contributed by atoms with van der Waals surface area (Å²) in [5, 5.41) is 0. The molecule has 1 amide bonds. The molecule has 1 fully saturated rings. The summed E-state index contributed by atoms with van der Waals surface area (Å²) in [5.41, 5.74) is 3.85. The number of aromatic nitrogens is 1. The molecule has 2 heterocycles. The van der Waals surface area contributed by atoms with Crippen molar-refractivity contribution in [2.45, 2.75) is 12.3 Å². The van der Waals surface area contributed by atoms with Gasteiger partial charge in [-0.05, 0) is 53.9 Å². The largest absolute Gasteiger partial charge is 0.497 e. The van der Waals surface area contributed by atoms with Crippen molar-refractivity contribution in [1.29, 1.82) is 0 Å². The maximum atomic E-state index is 13.1. The summed E-state index contributed by atoms with van der Waals surface area (Å²) in [4.78, 5) is 19.0. The molecule has 0 spiro atoms. The molecule has 5 heteroatoms. The maximum absolute atomic E-state index is 13.1. The third-order valence-electron chi connectivity index (χ3n) is 5.19. The molecule has 0 saturated carbocycles. The van der Waals surface area contributed by atoms with Gasteiger partial charge in [-0.1, -0.05) is 12.1 Å². The van der Waals surface area contributed by atoms with Crippen LogP contribution >= 0.6 is 0 Å². The molecule has 0 N–H and O–H groups in total. The van der Waals surface area contributed by atoms with Crippen molar-refractivity contribution in [3.8, 4) is 22.6 Å². The average Bonchev–Trinajstić information content (AvgIpc) is 3.15. The number of carbonyl (C=O) groups excluding carboxylic acids is 1.